The highest BCUT2D eigenvalue weighted by Gasteiger charge is 2.37. The Labute approximate surface area is 176 Å². The summed E-state index contributed by atoms with van der Waals surface area (Å²) in [5.74, 6) is 0.756. The van der Waals surface area contributed by atoms with Crippen LogP contribution in [0.15, 0.2) is 54.7 Å². The van der Waals surface area contributed by atoms with Gasteiger partial charge in [-0.1, -0.05) is 24.3 Å². The molecule has 0 radical (unpaired) electrons. The highest BCUT2D eigenvalue weighted by Crippen LogP contribution is 2.32. The van der Waals surface area contributed by atoms with E-state index < -0.39 is 0 Å². The van der Waals surface area contributed by atoms with E-state index in [4.69, 9.17) is 4.98 Å². The van der Waals surface area contributed by atoms with Gasteiger partial charge in [0.2, 0.25) is 0 Å². The number of para-hydroxylation sites is 1. The van der Waals surface area contributed by atoms with Gasteiger partial charge in [0.15, 0.2) is 11.5 Å². The molecule has 154 valence electrons. The zero-order chi connectivity index (χ0) is 20.9. The first-order valence-electron chi connectivity index (χ1n) is 10.6. The van der Waals surface area contributed by atoms with Gasteiger partial charge in [-0.05, 0) is 64.8 Å². The molecule has 6 heteroatoms. The molecule has 1 fully saturated rings. The first-order valence-corrected chi connectivity index (χ1v) is 10.6. The van der Waals surface area contributed by atoms with Crippen LogP contribution in [0.3, 0.4) is 0 Å². The van der Waals surface area contributed by atoms with Crippen molar-refractivity contribution in [3.8, 4) is 11.5 Å². The quantitative estimate of drug-likeness (QED) is 0.523. The molecule has 2 N–H and O–H groups in total. The van der Waals surface area contributed by atoms with Crippen LogP contribution in [0, 0.1) is 0 Å². The second kappa shape index (κ2) is 6.77. The Balaban J connectivity index is 1.54. The molecule has 1 aromatic carbocycles. The fraction of sp³-hybridized carbons (Fsp3) is 0.375. The highest BCUT2D eigenvalue weighted by molar-refractivity contribution is 5.91. The number of benzene rings is 1. The molecule has 0 amide bonds. The van der Waals surface area contributed by atoms with Gasteiger partial charge in [-0.2, -0.15) is 0 Å². The van der Waals surface area contributed by atoms with E-state index in [0.717, 1.165) is 46.6 Å². The van der Waals surface area contributed by atoms with E-state index >= 15 is 0 Å². The molecule has 3 aromatic heterocycles. The first-order chi connectivity index (χ1) is 14.3. The molecule has 0 spiro atoms. The Morgan fingerprint density at radius 3 is 2.53 bits per heavy atom. The lowest BCUT2D eigenvalue weighted by Gasteiger charge is -2.47. The Kier molecular flexibility index (Phi) is 4.29. The van der Waals surface area contributed by atoms with Crippen LogP contribution >= 0.6 is 0 Å². The van der Waals surface area contributed by atoms with E-state index in [9.17, 15) is 0 Å². The van der Waals surface area contributed by atoms with E-state index in [1.165, 1.54) is 0 Å². The monoisotopic (exact) mass is 400 g/mol. The number of nitrogens with one attached hydrogen (secondary N) is 2. The largest absolute Gasteiger partial charge is 0.380 e. The summed E-state index contributed by atoms with van der Waals surface area (Å²) in [7, 11) is 0. The maximum Gasteiger partial charge on any atom is 0.187 e. The number of pyridine rings is 2. The fourth-order valence-electron chi connectivity index (χ4n) is 5.05. The molecule has 4 heterocycles. The topological polar surface area (TPSA) is 67.1 Å². The smallest absolute Gasteiger partial charge is 0.187 e. The van der Waals surface area contributed by atoms with Crippen molar-refractivity contribution in [2.45, 2.75) is 57.7 Å². The minimum atomic E-state index is 0.0863. The standard InChI is InChI=1S/C24H28N6/c1-23(2)14-17(15-24(3,4)29-23)25-18-9-7-8-16-11-12-19(26-21(16)18)22-28-27-20-10-5-6-13-30(20)22/h5-13,17,25,29H,14-15H2,1-4H3. The van der Waals surface area contributed by atoms with Gasteiger partial charge in [0, 0.05) is 28.7 Å². The lowest BCUT2D eigenvalue weighted by atomic mass is 9.79. The second-order valence-corrected chi connectivity index (χ2v) is 9.67. The van der Waals surface area contributed by atoms with E-state index in [2.05, 4.69) is 72.8 Å². The van der Waals surface area contributed by atoms with Gasteiger partial charge >= 0.3 is 0 Å². The van der Waals surface area contributed by atoms with E-state index in [-0.39, 0.29) is 11.1 Å². The van der Waals surface area contributed by atoms with Crippen LogP contribution in [0.1, 0.15) is 40.5 Å². The van der Waals surface area contributed by atoms with Gasteiger partial charge in [0.25, 0.3) is 0 Å². The van der Waals surface area contributed by atoms with Crippen molar-refractivity contribution in [1.82, 2.24) is 24.9 Å². The normalized spacial score (nSPS) is 18.7. The molecular formula is C24H28N6. The van der Waals surface area contributed by atoms with Crippen molar-refractivity contribution in [1.29, 1.82) is 0 Å². The third-order valence-electron chi connectivity index (χ3n) is 5.81. The number of hydrogen-bond donors (Lipinski definition) is 2. The Hall–Kier alpha value is -2.99. The molecular weight excluding hydrogens is 372 g/mol. The summed E-state index contributed by atoms with van der Waals surface area (Å²) in [5.41, 5.74) is 3.85. The zero-order valence-electron chi connectivity index (χ0n) is 18.0. The number of hydrogen-bond acceptors (Lipinski definition) is 5. The molecule has 6 nitrogen and oxygen atoms in total. The Morgan fingerprint density at radius 1 is 0.933 bits per heavy atom. The molecule has 0 atom stereocenters. The first kappa shape index (κ1) is 19.0. The summed E-state index contributed by atoms with van der Waals surface area (Å²) in [6.45, 7) is 9.10. The zero-order valence-corrected chi connectivity index (χ0v) is 18.0. The highest BCUT2D eigenvalue weighted by atomic mass is 15.2. The van der Waals surface area contributed by atoms with Crippen molar-refractivity contribution < 1.29 is 0 Å². The molecule has 1 aliphatic rings. The van der Waals surface area contributed by atoms with Gasteiger partial charge in [-0.3, -0.25) is 4.40 Å². The van der Waals surface area contributed by atoms with Gasteiger partial charge in [-0.25, -0.2) is 4.98 Å². The molecule has 0 saturated carbocycles. The number of piperidine rings is 1. The van der Waals surface area contributed by atoms with Gasteiger partial charge in [-0.15, -0.1) is 10.2 Å². The third kappa shape index (κ3) is 3.52. The Bertz CT molecular complexity index is 1210. The van der Waals surface area contributed by atoms with Crippen LogP contribution in [0.5, 0.6) is 0 Å². The number of rotatable bonds is 3. The fourth-order valence-corrected chi connectivity index (χ4v) is 5.05. The summed E-state index contributed by atoms with van der Waals surface area (Å²) in [6, 6.07) is 16.7. The predicted octanol–water partition coefficient (Wildman–Crippen LogP) is 4.67. The van der Waals surface area contributed by atoms with Crippen molar-refractivity contribution >= 4 is 22.2 Å². The molecule has 5 rings (SSSR count). The van der Waals surface area contributed by atoms with Gasteiger partial charge < -0.3 is 10.6 Å². The third-order valence-corrected chi connectivity index (χ3v) is 5.81. The number of anilines is 1. The second-order valence-electron chi connectivity index (χ2n) is 9.67. The van der Waals surface area contributed by atoms with Crippen LogP contribution in [-0.4, -0.2) is 36.7 Å². The van der Waals surface area contributed by atoms with Crippen molar-refractivity contribution in [3.63, 3.8) is 0 Å². The summed E-state index contributed by atoms with van der Waals surface area (Å²) in [4.78, 5) is 5.00. The summed E-state index contributed by atoms with van der Waals surface area (Å²) in [6.07, 6.45) is 4.09. The average Bonchev–Trinajstić information content (AvgIpc) is 3.10. The van der Waals surface area contributed by atoms with Crippen LogP contribution in [0.2, 0.25) is 0 Å². The van der Waals surface area contributed by atoms with E-state index in [1.807, 2.05) is 34.9 Å². The molecule has 30 heavy (non-hydrogen) atoms. The maximum absolute atomic E-state index is 5.00. The SMILES string of the molecule is CC1(C)CC(Nc2cccc3ccc(-c4nnc5ccccn45)nc23)CC(C)(C)N1. The average molecular weight is 401 g/mol. The minimum Gasteiger partial charge on any atom is -0.380 e. The predicted molar refractivity (Wildman–Crippen MR) is 122 cm³/mol. The van der Waals surface area contributed by atoms with E-state index in [0.29, 0.717) is 6.04 Å². The summed E-state index contributed by atoms with van der Waals surface area (Å²) in [5, 5.41) is 17.3. The number of fused-ring (bicyclic) bond motifs is 2. The van der Waals surface area contributed by atoms with Crippen LogP contribution in [0.25, 0.3) is 28.1 Å². The Morgan fingerprint density at radius 2 is 1.73 bits per heavy atom. The molecule has 0 unspecified atom stereocenters. The molecule has 1 aliphatic heterocycles. The van der Waals surface area contributed by atoms with Gasteiger partial charge in [0.05, 0.1) is 11.2 Å². The van der Waals surface area contributed by atoms with Crippen molar-refractivity contribution in [2.24, 2.45) is 0 Å². The van der Waals surface area contributed by atoms with Gasteiger partial charge in [0.1, 0.15) is 5.69 Å². The van der Waals surface area contributed by atoms with Crippen molar-refractivity contribution in [3.05, 3.63) is 54.7 Å². The molecule has 0 bridgehead atoms. The van der Waals surface area contributed by atoms with Crippen LogP contribution in [0.4, 0.5) is 5.69 Å². The lowest BCUT2D eigenvalue weighted by molar-refractivity contribution is 0.170. The summed E-state index contributed by atoms with van der Waals surface area (Å²) >= 11 is 0. The lowest BCUT2D eigenvalue weighted by Crippen LogP contribution is -2.60. The molecule has 4 aromatic rings. The number of aromatic nitrogens is 4. The molecule has 0 aliphatic carbocycles. The van der Waals surface area contributed by atoms with Crippen LogP contribution < -0.4 is 10.6 Å². The summed E-state index contributed by atoms with van der Waals surface area (Å²) < 4.78 is 1.97. The minimum absolute atomic E-state index is 0.0863. The van der Waals surface area contributed by atoms with E-state index in [1.54, 1.807) is 0 Å². The van der Waals surface area contributed by atoms with Crippen LogP contribution in [-0.2, 0) is 0 Å². The maximum atomic E-state index is 5.00. The van der Waals surface area contributed by atoms with Crippen molar-refractivity contribution in [2.75, 3.05) is 5.32 Å². The number of nitrogens with zero attached hydrogens (tertiary/aromatic N) is 4. The molecule has 1 saturated heterocycles.